The van der Waals surface area contributed by atoms with Crippen LogP contribution in [0.25, 0.3) is 11.0 Å². The summed E-state index contributed by atoms with van der Waals surface area (Å²) in [6.07, 6.45) is 4.03. The maximum Gasteiger partial charge on any atom is 0.224 e. The summed E-state index contributed by atoms with van der Waals surface area (Å²) in [4.78, 5) is 20.1. The molecule has 3 aromatic rings. The zero-order chi connectivity index (χ0) is 23.2. The van der Waals surface area contributed by atoms with Crippen molar-refractivity contribution >= 4 is 32.9 Å². The normalized spacial score (nSPS) is 17.4. The summed E-state index contributed by atoms with van der Waals surface area (Å²) in [7, 11) is 1.74. The van der Waals surface area contributed by atoms with Crippen LogP contribution >= 0.6 is 15.9 Å². The number of ether oxygens (including phenoxy) is 1. The molecule has 2 atom stereocenters. The lowest BCUT2D eigenvalue weighted by Gasteiger charge is -2.33. The van der Waals surface area contributed by atoms with Crippen molar-refractivity contribution in [2.24, 2.45) is 5.73 Å². The van der Waals surface area contributed by atoms with Crippen LogP contribution in [0.1, 0.15) is 43.0 Å². The standard InChI is InChI=1S/C26H33BrN4O2/c1-33-15-5-14-31-24-8-3-2-7-23(24)29-26(31)20-6-4-13-30(18-20)25(32)17-22(28)16-19-9-11-21(27)12-10-19/h2-3,7-12,20,22H,4-6,13-18,28H2,1H3. The molecule has 7 heteroatoms. The summed E-state index contributed by atoms with van der Waals surface area (Å²) in [6.45, 7) is 3.09. The van der Waals surface area contributed by atoms with E-state index in [2.05, 4.69) is 50.8 Å². The van der Waals surface area contributed by atoms with Crippen molar-refractivity contribution in [3.8, 4) is 0 Å². The number of imidazole rings is 1. The Morgan fingerprint density at radius 3 is 2.82 bits per heavy atom. The van der Waals surface area contributed by atoms with Gasteiger partial charge in [0.05, 0.1) is 11.0 Å². The zero-order valence-corrected chi connectivity index (χ0v) is 20.8. The van der Waals surface area contributed by atoms with Crippen molar-refractivity contribution in [2.45, 2.75) is 50.6 Å². The van der Waals surface area contributed by atoms with Crippen molar-refractivity contribution in [3.05, 3.63) is 64.4 Å². The number of benzene rings is 2. The second kappa shape index (κ2) is 11.3. The number of aryl methyl sites for hydroxylation is 1. The fourth-order valence-electron chi connectivity index (χ4n) is 4.77. The van der Waals surface area contributed by atoms with Crippen LogP contribution in [-0.2, 0) is 22.5 Å². The third kappa shape index (κ3) is 6.02. The third-order valence-electron chi connectivity index (χ3n) is 6.40. The fraction of sp³-hybridized carbons (Fsp3) is 0.462. The first-order chi connectivity index (χ1) is 16.0. The Bertz CT molecular complexity index is 1070. The molecule has 2 heterocycles. The van der Waals surface area contributed by atoms with Gasteiger partial charge in [-0.3, -0.25) is 4.79 Å². The van der Waals surface area contributed by atoms with Crippen molar-refractivity contribution in [2.75, 3.05) is 26.8 Å². The molecule has 1 aliphatic heterocycles. The zero-order valence-electron chi connectivity index (χ0n) is 19.3. The Balaban J connectivity index is 1.43. The number of aromatic nitrogens is 2. The van der Waals surface area contributed by atoms with Gasteiger partial charge in [0.1, 0.15) is 5.82 Å². The van der Waals surface area contributed by atoms with Gasteiger partial charge in [-0.25, -0.2) is 4.98 Å². The van der Waals surface area contributed by atoms with E-state index in [9.17, 15) is 4.79 Å². The van der Waals surface area contributed by atoms with Gasteiger partial charge in [0.2, 0.25) is 5.91 Å². The summed E-state index contributed by atoms with van der Waals surface area (Å²) in [5.74, 6) is 1.47. The number of carbonyl (C=O) groups excluding carboxylic acids is 1. The second-order valence-corrected chi connectivity index (χ2v) is 9.85. The summed E-state index contributed by atoms with van der Waals surface area (Å²) in [6, 6.07) is 16.2. The number of hydrogen-bond acceptors (Lipinski definition) is 4. The number of nitrogens with zero attached hydrogens (tertiary/aromatic N) is 3. The van der Waals surface area contributed by atoms with Crippen LogP contribution in [-0.4, -0.2) is 53.2 Å². The number of amides is 1. The number of nitrogens with two attached hydrogens (primary N) is 1. The molecule has 2 unspecified atom stereocenters. The van der Waals surface area contributed by atoms with Crippen molar-refractivity contribution in [1.29, 1.82) is 0 Å². The van der Waals surface area contributed by atoms with E-state index in [4.69, 9.17) is 15.5 Å². The molecule has 4 rings (SSSR count). The van der Waals surface area contributed by atoms with Crippen molar-refractivity contribution < 1.29 is 9.53 Å². The minimum absolute atomic E-state index is 0.145. The maximum absolute atomic E-state index is 13.1. The average Bonchev–Trinajstić information content (AvgIpc) is 3.19. The lowest BCUT2D eigenvalue weighted by molar-refractivity contribution is -0.132. The van der Waals surface area contributed by atoms with Crippen LogP contribution in [0.2, 0.25) is 0 Å². The third-order valence-corrected chi connectivity index (χ3v) is 6.93. The number of halogens is 1. The summed E-state index contributed by atoms with van der Waals surface area (Å²) < 4.78 is 8.64. The molecule has 1 amide bonds. The highest BCUT2D eigenvalue weighted by atomic mass is 79.9. The smallest absolute Gasteiger partial charge is 0.224 e. The molecule has 0 saturated carbocycles. The van der Waals surface area contributed by atoms with Crippen molar-refractivity contribution in [3.63, 3.8) is 0 Å². The molecule has 0 aliphatic carbocycles. The Morgan fingerprint density at radius 1 is 1.24 bits per heavy atom. The first-order valence-corrected chi connectivity index (χ1v) is 12.6. The van der Waals surface area contributed by atoms with E-state index in [1.807, 2.05) is 23.1 Å². The van der Waals surface area contributed by atoms with Crippen LogP contribution in [0.3, 0.4) is 0 Å². The molecular weight excluding hydrogens is 480 g/mol. The molecule has 0 radical (unpaired) electrons. The van der Waals surface area contributed by atoms with E-state index >= 15 is 0 Å². The molecule has 6 nitrogen and oxygen atoms in total. The van der Waals surface area contributed by atoms with Gasteiger partial charge in [0.15, 0.2) is 0 Å². The van der Waals surface area contributed by atoms with Crippen LogP contribution in [0.4, 0.5) is 0 Å². The van der Waals surface area contributed by atoms with Gasteiger partial charge in [-0.1, -0.05) is 40.2 Å². The van der Waals surface area contributed by atoms with Crippen molar-refractivity contribution in [1.82, 2.24) is 14.5 Å². The average molecular weight is 513 g/mol. The minimum atomic E-state index is -0.183. The number of piperidine rings is 1. The summed E-state index contributed by atoms with van der Waals surface area (Å²) in [5, 5.41) is 0. The largest absolute Gasteiger partial charge is 0.385 e. The number of fused-ring (bicyclic) bond motifs is 1. The topological polar surface area (TPSA) is 73.4 Å². The number of likely N-dealkylation sites (tertiary alicyclic amines) is 1. The molecule has 33 heavy (non-hydrogen) atoms. The Hall–Kier alpha value is -2.22. The molecule has 176 valence electrons. The molecule has 0 spiro atoms. The van der Waals surface area contributed by atoms with Gasteiger partial charge in [-0.15, -0.1) is 0 Å². The lowest BCUT2D eigenvalue weighted by atomic mass is 9.96. The number of para-hydroxylation sites is 2. The highest BCUT2D eigenvalue weighted by Crippen LogP contribution is 2.30. The molecule has 1 aliphatic rings. The molecule has 0 bridgehead atoms. The molecule has 1 fully saturated rings. The van der Waals surface area contributed by atoms with Crippen LogP contribution in [0.5, 0.6) is 0 Å². The maximum atomic E-state index is 13.1. The predicted molar refractivity (Wildman–Crippen MR) is 135 cm³/mol. The molecule has 1 saturated heterocycles. The monoisotopic (exact) mass is 512 g/mol. The second-order valence-electron chi connectivity index (χ2n) is 8.93. The highest BCUT2D eigenvalue weighted by Gasteiger charge is 2.29. The van der Waals surface area contributed by atoms with Crippen LogP contribution < -0.4 is 5.73 Å². The van der Waals surface area contributed by atoms with Gasteiger partial charge in [0.25, 0.3) is 0 Å². The van der Waals surface area contributed by atoms with Gasteiger partial charge in [-0.2, -0.15) is 0 Å². The Morgan fingerprint density at radius 2 is 2.03 bits per heavy atom. The summed E-state index contributed by atoms with van der Waals surface area (Å²) in [5.41, 5.74) is 9.68. The van der Waals surface area contributed by atoms with Crippen LogP contribution in [0.15, 0.2) is 53.0 Å². The molecule has 1 aromatic heterocycles. The first kappa shape index (κ1) is 23.9. The highest BCUT2D eigenvalue weighted by molar-refractivity contribution is 9.10. The first-order valence-electron chi connectivity index (χ1n) is 11.8. The van der Waals surface area contributed by atoms with E-state index in [-0.39, 0.29) is 17.9 Å². The van der Waals surface area contributed by atoms with Crippen LogP contribution in [0, 0.1) is 0 Å². The van der Waals surface area contributed by atoms with Gasteiger partial charge in [-0.05, 0) is 55.5 Å². The van der Waals surface area contributed by atoms with Gasteiger partial charge < -0.3 is 19.9 Å². The number of hydrogen-bond donors (Lipinski definition) is 1. The Kier molecular flexibility index (Phi) is 8.17. The molecular formula is C26H33BrN4O2. The summed E-state index contributed by atoms with van der Waals surface area (Å²) >= 11 is 3.46. The van der Waals surface area contributed by atoms with E-state index in [0.717, 1.165) is 65.9 Å². The number of methoxy groups -OCH3 is 1. The lowest BCUT2D eigenvalue weighted by Crippen LogP contribution is -2.42. The number of rotatable bonds is 9. The SMILES string of the molecule is COCCCn1c(C2CCCN(C(=O)CC(N)Cc3ccc(Br)cc3)C2)nc2ccccc21. The van der Waals surface area contributed by atoms with E-state index in [1.54, 1.807) is 7.11 Å². The van der Waals surface area contributed by atoms with E-state index in [1.165, 1.54) is 0 Å². The Labute approximate surface area is 204 Å². The predicted octanol–water partition coefficient (Wildman–Crippen LogP) is 4.50. The molecule has 2 N–H and O–H groups in total. The quantitative estimate of drug-likeness (QED) is 0.428. The van der Waals surface area contributed by atoms with Gasteiger partial charge in [0, 0.05) is 56.2 Å². The minimum Gasteiger partial charge on any atom is -0.385 e. The number of carbonyl (C=O) groups is 1. The fourth-order valence-corrected chi connectivity index (χ4v) is 5.04. The van der Waals surface area contributed by atoms with E-state index in [0.29, 0.717) is 19.4 Å². The molecule has 2 aromatic carbocycles. The van der Waals surface area contributed by atoms with E-state index < -0.39 is 0 Å². The van der Waals surface area contributed by atoms with Gasteiger partial charge >= 0.3 is 0 Å².